The molecule has 1 aliphatic carbocycles. The van der Waals surface area contributed by atoms with Crippen LogP contribution in [0.15, 0.2) is 0 Å². The van der Waals surface area contributed by atoms with Crippen molar-refractivity contribution in [2.24, 2.45) is 16.6 Å². The van der Waals surface area contributed by atoms with Gasteiger partial charge in [0.15, 0.2) is 0 Å². The molecule has 2 N–H and O–H groups in total. The van der Waals surface area contributed by atoms with Crippen molar-refractivity contribution in [3.63, 3.8) is 0 Å². The van der Waals surface area contributed by atoms with Crippen LogP contribution in [0.3, 0.4) is 0 Å². The third kappa shape index (κ3) is 3.48. The van der Waals surface area contributed by atoms with Crippen molar-refractivity contribution in [1.29, 1.82) is 0 Å². The highest BCUT2D eigenvalue weighted by atomic mass is 32.2. The quantitative estimate of drug-likeness (QED) is 0.843. The molecule has 0 radical (unpaired) electrons. The maximum atomic E-state index is 6.31. The molecule has 2 fully saturated rings. The van der Waals surface area contributed by atoms with Crippen molar-refractivity contribution in [1.82, 2.24) is 4.90 Å². The maximum absolute atomic E-state index is 6.31. The third-order valence-corrected chi connectivity index (χ3v) is 6.00. The van der Waals surface area contributed by atoms with Crippen LogP contribution in [0.1, 0.15) is 53.9 Å². The van der Waals surface area contributed by atoms with Gasteiger partial charge in [-0.25, -0.2) is 0 Å². The molecule has 1 unspecified atom stereocenters. The summed E-state index contributed by atoms with van der Waals surface area (Å²) in [6.45, 7) is 15.3. The van der Waals surface area contributed by atoms with E-state index in [0.29, 0.717) is 10.8 Å². The fraction of sp³-hybridized carbons (Fsp3) is 1.00. The summed E-state index contributed by atoms with van der Waals surface area (Å²) in [4.78, 5) is 2.73. The fourth-order valence-electron chi connectivity index (χ4n) is 5.01. The molecular weight excluding hydrogens is 252 g/mol. The van der Waals surface area contributed by atoms with E-state index in [-0.39, 0.29) is 5.54 Å². The maximum Gasteiger partial charge on any atom is 0.0342 e. The summed E-state index contributed by atoms with van der Waals surface area (Å²) in [5.41, 5.74) is 7.37. The first-order valence-electron chi connectivity index (χ1n) is 7.75. The number of nitrogens with zero attached hydrogens (tertiary/aromatic N) is 1. The standard InChI is InChI=1S/C16H32N2S/c1-13-8-18(6-7-19-13)16(12-17)10-14(2,3)9-15(4,5)11-16/h13H,6-12,17H2,1-5H3. The molecule has 2 nitrogen and oxygen atoms in total. The number of hydrogen-bond donors (Lipinski definition) is 1. The van der Waals surface area contributed by atoms with Crippen molar-refractivity contribution < 1.29 is 0 Å². The van der Waals surface area contributed by atoms with Crippen LogP contribution in [0.25, 0.3) is 0 Å². The minimum atomic E-state index is 0.237. The monoisotopic (exact) mass is 284 g/mol. The summed E-state index contributed by atoms with van der Waals surface area (Å²) >= 11 is 2.11. The minimum Gasteiger partial charge on any atom is -0.329 e. The van der Waals surface area contributed by atoms with Crippen LogP contribution in [0.4, 0.5) is 0 Å². The Hall–Kier alpha value is 0.270. The van der Waals surface area contributed by atoms with Crippen LogP contribution in [0, 0.1) is 10.8 Å². The highest BCUT2D eigenvalue weighted by Crippen LogP contribution is 2.52. The molecule has 1 saturated heterocycles. The van der Waals surface area contributed by atoms with E-state index in [9.17, 15) is 0 Å². The Bertz CT molecular complexity index is 309. The Morgan fingerprint density at radius 3 is 2.16 bits per heavy atom. The molecule has 0 aromatic heterocycles. The van der Waals surface area contributed by atoms with Crippen molar-refractivity contribution in [2.45, 2.75) is 64.7 Å². The summed E-state index contributed by atoms with van der Waals surface area (Å²) in [6.07, 6.45) is 3.84. The van der Waals surface area contributed by atoms with E-state index >= 15 is 0 Å². The molecule has 1 saturated carbocycles. The van der Waals surface area contributed by atoms with Crippen LogP contribution >= 0.6 is 11.8 Å². The largest absolute Gasteiger partial charge is 0.329 e. The Morgan fingerprint density at radius 1 is 1.11 bits per heavy atom. The summed E-state index contributed by atoms with van der Waals surface area (Å²) in [5, 5.41) is 0.755. The van der Waals surface area contributed by atoms with Gasteiger partial charge in [-0.2, -0.15) is 11.8 Å². The Kier molecular flexibility index (Phi) is 4.31. The average Bonchev–Trinajstić information content (AvgIpc) is 2.24. The molecule has 3 heteroatoms. The van der Waals surface area contributed by atoms with Crippen molar-refractivity contribution >= 4 is 11.8 Å². The number of rotatable bonds is 2. The van der Waals surface area contributed by atoms with Crippen LogP contribution in [0.5, 0.6) is 0 Å². The van der Waals surface area contributed by atoms with Gasteiger partial charge in [0.05, 0.1) is 0 Å². The van der Waals surface area contributed by atoms with Gasteiger partial charge in [-0.1, -0.05) is 34.6 Å². The molecule has 0 amide bonds. The number of nitrogens with two attached hydrogens (primary N) is 1. The SMILES string of the molecule is CC1CN(C2(CN)CC(C)(C)CC(C)(C)C2)CCS1. The molecule has 0 aromatic carbocycles. The lowest BCUT2D eigenvalue weighted by Crippen LogP contribution is -2.63. The highest BCUT2D eigenvalue weighted by molar-refractivity contribution is 7.99. The van der Waals surface area contributed by atoms with Gasteiger partial charge in [0.25, 0.3) is 0 Å². The second-order valence-corrected chi connectivity index (χ2v) is 9.96. The predicted molar refractivity (Wildman–Crippen MR) is 86.7 cm³/mol. The summed E-state index contributed by atoms with van der Waals surface area (Å²) < 4.78 is 0. The number of thioether (sulfide) groups is 1. The van der Waals surface area contributed by atoms with E-state index in [1.807, 2.05) is 0 Å². The first kappa shape index (κ1) is 15.7. The van der Waals surface area contributed by atoms with E-state index in [2.05, 4.69) is 51.3 Å². The minimum absolute atomic E-state index is 0.237. The van der Waals surface area contributed by atoms with Gasteiger partial charge in [0.2, 0.25) is 0 Å². The Morgan fingerprint density at radius 2 is 1.68 bits per heavy atom. The Balaban J connectivity index is 2.25. The predicted octanol–water partition coefficient (Wildman–Crippen LogP) is 3.36. The number of hydrogen-bond acceptors (Lipinski definition) is 3. The van der Waals surface area contributed by atoms with Gasteiger partial charge in [0, 0.05) is 36.2 Å². The molecular formula is C16H32N2S. The summed E-state index contributed by atoms with van der Waals surface area (Å²) in [5.74, 6) is 1.27. The summed E-state index contributed by atoms with van der Waals surface area (Å²) in [7, 11) is 0. The smallest absolute Gasteiger partial charge is 0.0342 e. The molecule has 19 heavy (non-hydrogen) atoms. The van der Waals surface area contributed by atoms with Gasteiger partial charge < -0.3 is 5.73 Å². The molecule has 0 spiro atoms. The van der Waals surface area contributed by atoms with E-state index in [0.717, 1.165) is 11.8 Å². The van der Waals surface area contributed by atoms with Crippen molar-refractivity contribution in [3.8, 4) is 0 Å². The first-order valence-corrected chi connectivity index (χ1v) is 8.80. The molecule has 1 aliphatic heterocycles. The molecule has 2 rings (SSSR count). The lowest BCUT2D eigenvalue weighted by atomic mass is 9.58. The van der Waals surface area contributed by atoms with E-state index < -0.39 is 0 Å². The molecule has 0 aromatic rings. The zero-order valence-electron chi connectivity index (χ0n) is 13.5. The average molecular weight is 285 g/mol. The topological polar surface area (TPSA) is 29.3 Å². The van der Waals surface area contributed by atoms with E-state index in [1.165, 1.54) is 38.1 Å². The highest BCUT2D eigenvalue weighted by Gasteiger charge is 2.50. The second-order valence-electron chi connectivity index (χ2n) is 8.41. The van der Waals surface area contributed by atoms with Gasteiger partial charge in [-0.15, -0.1) is 0 Å². The van der Waals surface area contributed by atoms with E-state index in [4.69, 9.17) is 5.73 Å². The first-order chi connectivity index (χ1) is 8.68. The zero-order chi connectivity index (χ0) is 14.3. The molecule has 0 bridgehead atoms. The van der Waals surface area contributed by atoms with Gasteiger partial charge in [-0.05, 0) is 30.1 Å². The van der Waals surface area contributed by atoms with Crippen molar-refractivity contribution in [2.75, 3.05) is 25.4 Å². The van der Waals surface area contributed by atoms with Gasteiger partial charge in [-0.3, -0.25) is 4.90 Å². The molecule has 1 heterocycles. The van der Waals surface area contributed by atoms with Gasteiger partial charge in [0.1, 0.15) is 0 Å². The molecule has 112 valence electrons. The van der Waals surface area contributed by atoms with Crippen LogP contribution in [-0.2, 0) is 0 Å². The normalized spacial score (nSPS) is 34.1. The van der Waals surface area contributed by atoms with Crippen LogP contribution in [-0.4, -0.2) is 41.1 Å². The molecule has 1 atom stereocenters. The fourth-order valence-corrected chi connectivity index (χ4v) is 6.02. The second kappa shape index (κ2) is 5.23. The zero-order valence-corrected chi connectivity index (χ0v) is 14.3. The lowest BCUT2D eigenvalue weighted by molar-refractivity contribution is -0.0418. The van der Waals surface area contributed by atoms with Crippen LogP contribution in [0.2, 0.25) is 0 Å². The summed E-state index contributed by atoms with van der Waals surface area (Å²) in [6, 6.07) is 0. The van der Waals surface area contributed by atoms with E-state index in [1.54, 1.807) is 0 Å². The van der Waals surface area contributed by atoms with Crippen LogP contribution < -0.4 is 5.73 Å². The Labute approximate surface area is 123 Å². The van der Waals surface area contributed by atoms with Crippen molar-refractivity contribution in [3.05, 3.63) is 0 Å². The third-order valence-electron chi connectivity index (χ3n) is 4.86. The molecule has 2 aliphatic rings. The lowest BCUT2D eigenvalue weighted by Gasteiger charge is -2.57. The van der Waals surface area contributed by atoms with Gasteiger partial charge >= 0.3 is 0 Å².